The Morgan fingerprint density at radius 1 is 0.906 bits per heavy atom. The Hall–Kier alpha value is -4.45. The molecule has 290 valence electrons. The number of benzene rings is 2. The summed E-state index contributed by atoms with van der Waals surface area (Å²) in [5, 5.41) is 29.9. The van der Waals surface area contributed by atoms with Crippen LogP contribution in [-0.2, 0) is 25.6 Å². The van der Waals surface area contributed by atoms with Gasteiger partial charge in [0.25, 0.3) is 0 Å². The Kier molecular flexibility index (Phi) is 15.3. The molecule has 2 aliphatic rings. The predicted octanol–water partition coefficient (Wildman–Crippen LogP) is 4.79. The van der Waals surface area contributed by atoms with Crippen LogP contribution in [0.2, 0.25) is 0 Å². The SMILES string of the molecule is CC(=O)N(C1COc2ccc(C(=O)O)cc21)[C@@H](Cc1ccccc1)C(=O)N[C@@H](CC(C)C)C(=O)NC(CC1CCCCC1)C(O)CC(=O)NCC(C)C. The van der Waals surface area contributed by atoms with E-state index in [4.69, 9.17) is 4.74 Å². The molecule has 4 rings (SSSR count). The Morgan fingerprint density at radius 2 is 1.60 bits per heavy atom. The molecule has 0 aromatic heterocycles. The lowest BCUT2D eigenvalue weighted by atomic mass is 9.83. The van der Waals surface area contributed by atoms with Gasteiger partial charge in [-0.05, 0) is 54.4 Å². The van der Waals surface area contributed by atoms with Crippen molar-refractivity contribution in [3.63, 3.8) is 0 Å². The van der Waals surface area contributed by atoms with Crippen molar-refractivity contribution in [2.24, 2.45) is 17.8 Å². The molecule has 4 amide bonds. The quantitative estimate of drug-likeness (QED) is 0.145. The monoisotopic (exact) mass is 734 g/mol. The number of aliphatic hydroxyl groups is 1. The van der Waals surface area contributed by atoms with Gasteiger partial charge in [0.15, 0.2) is 0 Å². The lowest BCUT2D eigenvalue weighted by molar-refractivity contribution is -0.143. The molecule has 0 radical (unpaired) electrons. The highest BCUT2D eigenvalue weighted by molar-refractivity contribution is 5.92. The van der Waals surface area contributed by atoms with Crippen molar-refractivity contribution in [3.05, 3.63) is 65.2 Å². The molecule has 0 bridgehead atoms. The number of fused-ring (bicyclic) bond motifs is 1. The van der Waals surface area contributed by atoms with E-state index < -0.39 is 54.0 Å². The molecule has 3 unspecified atom stereocenters. The molecule has 53 heavy (non-hydrogen) atoms. The fourth-order valence-corrected chi connectivity index (χ4v) is 7.44. The standard InChI is InChI=1S/C41H58N4O8/c1-25(2)18-33(39(49)43-32(19-28-12-8-6-9-13-28)36(47)22-38(48)42-23-26(3)4)44-40(50)34(20-29-14-10-7-11-15-29)45(27(5)46)35-24-53-37-17-16-30(41(51)52)21-31(35)37/h7,10-11,14-17,21,25-26,28,32-36,47H,6,8-9,12-13,18-20,22-24H2,1-5H3,(H,42,48)(H,43,49)(H,44,50)(H,51,52)/t32?,33-,34-,35?,36?/m0/s1. The van der Waals surface area contributed by atoms with Crippen LogP contribution in [0.4, 0.5) is 0 Å². The lowest BCUT2D eigenvalue weighted by Gasteiger charge is -2.36. The van der Waals surface area contributed by atoms with Gasteiger partial charge < -0.3 is 35.8 Å². The summed E-state index contributed by atoms with van der Waals surface area (Å²) in [6.07, 6.45) is 4.90. The number of nitrogens with zero attached hydrogens (tertiary/aromatic N) is 1. The van der Waals surface area contributed by atoms with Gasteiger partial charge in [0, 0.05) is 25.5 Å². The highest BCUT2D eigenvalue weighted by Crippen LogP contribution is 2.38. The van der Waals surface area contributed by atoms with Crippen LogP contribution in [0.1, 0.15) is 114 Å². The smallest absolute Gasteiger partial charge is 0.335 e. The number of carbonyl (C=O) groups excluding carboxylic acids is 4. The van der Waals surface area contributed by atoms with E-state index in [1.165, 1.54) is 24.0 Å². The summed E-state index contributed by atoms with van der Waals surface area (Å²) < 4.78 is 5.88. The molecule has 2 aromatic rings. The van der Waals surface area contributed by atoms with Gasteiger partial charge in [-0.25, -0.2) is 4.79 Å². The molecule has 1 fully saturated rings. The zero-order valence-electron chi connectivity index (χ0n) is 31.8. The Bertz CT molecular complexity index is 1560. The molecule has 5 atom stereocenters. The van der Waals surface area contributed by atoms with Crippen LogP contribution in [0.25, 0.3) is 0 Å². The third kappa shape index (κ3) is 12.0. The average molecular weight is 735 g/mol. The Morgan fingerprint density at radius 3 is 2.23 bits per heavy atom. The zero-order valence-corrected chi connectivity index (χ0v) is 31.8. The van der Waals surface area contributed by atoms with Crippen LogP contribution in [0, 0.1) is 17.8 Å². The first-order valence-corrected chi connectivity index (χ1v) is 19.1. The molecule has 1 heterocycles. The van der Waals surface area contributed by atoms with Crippen molar-refractivity contribution >= 4 is 29.6 Å². The maximum atomic E-state index is 14.5. The lowest BCUT2D eigenvalue weighted by Crippen LogP contribution is -2.58. The van der Waals surface area contributed by atoms with Crippen LogP contribution in [0.5, 0.6) is 5.75 Å². The van der Waals surface area contributed by atoms with Crippen molar-refractivity contribution in [1.82, 2.24) is 20.9 Å². The first-order chi connectivity index (χ1) is 25.2. The highest BCUT2D eigenvalue weighted by atomic mass is 16.5. The van der Waals surface area contributed by atoms with E-state index in [0.29, 0.717) is 24.3 Å². The topological polar surface area (TPSA) is 174 Å². The molecule has 1 aliphatic heterocycles. The van der Waals surface area contributed by atoms with Crippen molar-refractivity contribution in [2.75, 3.05) is 13.2 Å². The van der Waals surface area contributed by atoms with Crippen LogP contribution >= 0.6 is 0 Å². The molecule has 0 saturated heterocycles. The summed E-state index contributed by atoms with van der Waals surface area (Å²) in [6, 6.07) is 10.2. The largest absolute Gasteiger partial charge is 0.491 e. The molecular formula is C41H58N4O8. The summed E-state index contributed by atoms with van der Waals surface area (Å²) >= 11 is 0. The molecular weight excluding hydrogens is 676 g/mol. The normalized spacial score (nSPS) is 17.9. The third-order valence-corrected chi connectivity index (χ3v) is 10.2. The van der Waals surface area contributed by atoms with E-state index in [-0.39, 0.29) is 55.1 Å². The van der Waals surface area contributed by atoms with E-state index >= 15 is 0 Å². The van der Waals surface area contributed by atoms with Crippen molar-refractivity contribution in [3.8, 4) is 5.75 Å². The number of aromatic carboxylic acids is 1. The van der Waals surface area contributed by atoms with Crippen LogP contribution in [-0.4, -0.2) is 82.1 Å². The molecule has 5 N–H and O–H groups in total. The molecule has 1 saturated carbocycles. The Balaban J connectivity index is 1.62. The number of hydrogen-bond acceptors (Lipinski definition) is 7. The van der Waals surface area contributed by atoms with Gasteiger partial charge >= 0.3 is 5.97 Å². The minimum Gasteiger partial charge on any atom is -0.491 e. The fraction of sp³-hybridized carbons (Fsp3) is 0.585. The fourth-order valence-electron chi connectivity index (χ4n) is 7.44. The first-order valence-electron chi connectivity index (χ1n) is 19.1. The minimum atomic E-state index is -1.13. The van der Waals surface area contributed by atoms with E-state index in [1.807, 2.05) is 58.0 Å². The number of carboxylic acid groups (broad SMARTS) is 1. The van der Waals surface area contributed by atoms with Gasteiger partial charge in [-0.2, -0.15) is 0 Å². The van der Waals surface area contributed by atoms with Crippen molar-refractivity contribution in [2.45, 2.75) is 123 Å². The highest BCUT2D eigenvalue weighted by Gasteiger charge is 2.40. The minimum absolute atomic E-state index is 0.00406. The molecule has 12 heteroatoms. The maximum absolute atomic E-state index is 14.5. The van der Waals surface area contributed by atoms with Gasteiger partial charge in [0.2, 0.25) is 23.6 Å². The maximum Gasteiger partial charge on any atom is 0.335 e. The van der Waals surface area contributed by atoms with E-state index in [0.717, 1.165) is 37.7 Å². The number of carbonyl (C=O) groups is 5. The molecule has 0 spiro atoms. The number of amides is 4. The van der Waals surface area contributed by atoms with Crippen molar-refractivity contribution < 1.29 is 38.9 Å². The second kappa shape index (κ2) is 19.6. The van der Waals surface area contributed by atoms with Gasteiger partial charge in [-0.1, -0.05) is 90.1 Å². The summed E-state index contributed by atoms with van der Waals surface area (Å²) in [5.74, 6) is -1.89. The number of ether oxygens (including phenoxy) is 1. The average Bonchev–Trinajstić information content (AvgIpc) is 3.53. The van der Waals surface area contributed by atoms with E-state index in [2.05, 4.69) is 16.0 Å². The molecule has 1 aliphatic carbocycles. The number of carboxylic acids is 1. The summed E-state index contributed by atoms with van der Waals surface area (Å²) in [7, 11) is 0. The number of nitrogens with one attached hydrogen (secondary N) is 3. The summed E-state index contributed by atoms with van der Waals surface area (Å²) in [6.45, 7) is 9.72. The molecule has 12 nitrogen and oxygen atoms in total. The molecule has 2 aromatic carbocycles. The summed E-state index contributed by atoms with van der Waals surface area (Å²) in [5.41, 5.74) is 1.30. The van der Waals surface area contributed by atoms with E-state index in [1.54, 1.807) is 6.07 Å². The van der Waals surface area contributed by atoms with Gasteiger partial charge in [-0.15, -0.1) is 0 Å². The number of rotatable bonds is 18. The number of hydrogen-bond donors (Lipinski definition) is 5. The van der Waals surface area contributed by atoms with Crippen LogP contribution < -0.4 is 20.7 Å². The van der Waals surface area contributed by atoms with Gasteiger partial charge in [0.05, 0.1) is 30.2 Å². The zero-order chi connectivity index (χ0) is 38.7. The Labute approximate surface area is 313 Å². The van der Waals surface area contributed by atoms with Gasteiger partial charge in [0.1, 0.15) is 24.4 Å². The summed E-state index contributed by atoms with van der Waals surface area (Å²) in [4.78, 5) is 68.2. The van der Waals surface area contributed by atoms with Crippen LogP contribution in [0.15, 0.2) is 48.5 Å². The third-order valence-electron chi connectivity index (χ3n) is 10.2. The first kappa shape index (κ1) is 41.3. The second-order valence-corrected chi connectivity index (χ2v) is 15.5. The van der Waals surface area contributed by atoms with Crippen molar-refractivity contribution in [1.29, 1.82) is 0 Å². The van der Waals surface area contributed by atoms with Crippen LogP contribution in [0.3, 0.4) is 0 Å². The van der Waals surface area contributed by atoms with Gasteiger partial charge in [-0.3, -0.25) is 19.2 Å². The predicted molar refractivity (Wildman–Crippen MR) is 201 cm³/mol. The number of aliphatic hydroxyl groups excluding tert-OH is 1. The van der Waals surface area contributed by atoms with E-state index in [9.17, 15) is 34.2 Å². The second-order valence-electron chi connectivity index (χ2n) is 15.5.